The van der Waals surface area contributed by atoms with E-state index < -0.39 is 0 Å². The van der Waals surface area contributed by atoms with E-state index in [2.05, 4.69) is 30.7 Å². The van der Waals surface area contributed by atoms with Crippen LogP contribution >= 0.6 is 0 Å². The Morgan fingerprint density at radius 3 is 2.48 bits per heavy atom. The summed E-state index contributed by atoms with van der Waals surface area (Å²) < 4.78 is 5.44. The molecule has 0 radical (unpaired) electrons. The molecule has 0 aromatic carbocycles. The molecule has 2 aliphatic rings. The van der Waals surface area contributed by atoms with Crippen molar-refractivity contribution in [1.29, 1.82) is 5.26 Å². The van der Waals surface area contributed by atoms with Crippen LogP contribution in [0.4, 0.5) is 17.6 Å². The minimum absolute atomic E-state index is 0.618. The van der Waals surface area contributed by atoms with Crippen molar-refractivity contribution in [1.82, 2.24) is 15.0 Å². The number of nitrogens with zero attached hydrogens (tertiary/aromatic N) is 7. The molecule has 2 fully saturated rings. The Morgan fingerprint density at radius 1 is 1.00 bits per heavy atom. The molecule has 0 bridgehead atoms. The van der Waals surface area contributed by atoms with Crippen LogP contribution in [-0.2, 0) is 4.74 Å². The van der Waals surface area contributed by atoms with Crippen molar-refractivity contribution in [2.24, 2.45) is 0 Å². The average molecular weight is 365 g/mol. The minimum atomic E-state index is 0.618. The Hall–Kier alpha value is -2.92. The number of aromatic nitrogens is 3. The second kappa shape index (κ2) is 7.76. The van der Waals surface area contributed by atoms with E-state index in [1.807, 2.05) is 19.1 Å². The monoisotopic (exact) mass is 365 g/mol. The highest BCUT2D eigenvalue weighted by molar-refractivity contribution is 5.55. The molecule has 0 amide bonds. The van der Waals surface area contributed by atoms with Crippen LogP contribution in [0.15, 0.2) is 24.4 Å². The van der Waals surface area contributed by atoms with Crippen LogP contribution in [0, 0.1) is 18.3 Å². The maximum Gasteiger partial charge on any atom is 0.227 e. The van der Waals surface area contributed by atoms with Crippen LogP contribution in [-0.4, -0.2) is 67.4 Å². The van der Waals surface area contributed by atoms with E-state index in [4.69, 9.17) is 9.72 Å². The van der Waals surface area contributed by atoms with Gasteiger partial charge in [0.2, 0.25) is 5.95 Å². The van der Waals surface area contributed by atoms with Gasteiger partial charge in [-0.15, -0.1) is 0 Å². The third kappa shape index (κ3) is 3.78. The van der Waals surface area contributed by atoms with Crippen LogP contribution in [0.3, 0.4) is 0 Å². The molecular weight excluding hydrogens is 342 g/mol. The molecule has 0 saturated carbocycles. The molecule has 140 valence electrons. The van der Waals surface area contributed by atoms with Gasteiger partial charge in [0, 0.05) is 57.2 Å². The van der Waals surface area contributed by atoms with Crippen molar-refractivity contribution >= 4 is 17.6 Å². The second-order valence-electron chi connectivity index (χ2n) is 6.73. The van der Waals surface area contributed by atoms with Crippen molar-refractivity contribution in [3.63, 3.8) is 0 Å². The van der Waals surface area contributed by atoms with Crippen LogP contribution in [0.25, 0.3) is 0 Å². The number of ether oxygens (including phenoxy) is 1. The van der Waals surface area contributed by atoms with Crippen molar-refractivity contribution in [3.05, 3.63) is 35.7 Å². The van der Waals surface area contributed by atoms with Gasteiger partial charge in [0.1, 0.15) is 17.7 Å². The highest BCUT2D eigenvalue weighted by Crippen LogP contribution is 2.22. The summed E-state index contributed by atoms with van der Waals surface area (Å²) >= 11 is 0. The van der Waals surface area contributed by atoms with Gasteiger partial charge in [-0.3, -0.25) is 0 Å². The Labute approximate surface area is 159 Å². The Balaban J connectivity index is 1.48. The van der Waals surface area contributed by atoms with E-state index in [-0.39, 0.29) is 0 Å². The van der Waals surface area contributed by atoms with Crippen LogP contribution in [0.5, 0.6) is 0 Å². The predicted molar refractivity (Wildman–Crippen MR) is 103 cm³/mol. The molecule has 2 saturated heterocycles. The maximum atomic E-state index is 9.30. The van der Waals surface area contributed by atoms with Gasteiger partial charge < -0.3 is 19.4 Å². The van der Waals surface area contributed by atoms with E-state index in [9.17, 15) is 5.26 Å². The zero-order valence-corrected chi connectivity index (χ0v) is 15.5. The summed E-state index contributed by atoms with van der Waals surface area (Å²) in [6.45, 7) is 8.39. The van der Waals surface area contributed by atoms with Gasteiger partial charge in [0.15, 0.2) is 0 Å². The molecule has 27 heavy (non-hydrogen) atoms. The number of aryl methyl sites for hydroxylation is 1. The first-order valence-electron chi connectivity index (χ1n) is 9.28. The molecule has 0 atom stereocenters. The molecular formula is C19H23N7O. The molecule has 0 spiro atoms. The maximum absolute atomic E-state index is 9.30. The molecule has 0 unspecified atom stereocenters. The van der Waals surface area contributed by atoms with Gasteiger partial charge in [-0.05, 0) is 19.1 Å². The first-order chi connectivity index (χ1) is 13.2. The smallest absolute Gasteiger partial charge is 0.227 e. The molecule has 4 rings (SSSR count). The number of morpholine rings is 1. The highest BCUT2D eigenvalue weighted by Gasteiger charge is 2.23. The molecule has 4 heterocycles. The quantitative estimate of drug-likeness (QED) is 0.803. The Kier molecular flexibility index (Phi) is 5.03. The molecule has 2 aromatic heterocycles. The fraction of sp³-hybridized carbons (Fsp3) is 0.474. The topological polar surface area (TPSA) is 81.4 Å². The number of rotatable bonds is 3. The Bertz CT molecular complexity index is 836. The van der Waals surface area contributed by atoms with Gasteiger partial charge in [-0.25, -0.2) is 9.97 Å². The summed E-state index contributed by atoms with van der Waals surface area (Å²) in [7, 11) is 0. The summed E-state index contributed by atoms with van der Waals surface area (Å²) in [4.78, 5) is 20.5. The van der Waals surface area contributed by atoms with Crippen LogP contribution in [0.1, 0.15) is 11.3 Å². The van der Waals surface area contributed by atoms with Gasteiger partial charge in [-0.1, -0.05) is 0 Å². The summed E-state index contributed by atoms with van der Waals surface area (Å²) in [6.07, 6.45) is 1.74. The van der Waals surface area contributed by atoms with E-state index in [1.165, 1.54) is 0 Å². The Morgan fingerprint density at radius 2 is 1.74 bits per heavy atom. The zero-order chi connectivity index (χ0) is 18.6. The van der Waals surface area contributed by atoms with Crippen LogP contribution in [0.2, 0.25) is 0 Å². The summed E-state index contributed by atoms with van der Waals surface area (Å²) in [5.41, 5.74) is 1.59. The van der Waals surface area contributed by atoms with Crippen molar-refractivity contribution in [3.8, 4) is 6.07 Å². The highest BCUT2D eigenvalue weighted by atomic mass is 16.5. The number of nitriles is 1. The lowest BCUT2D eigenvalue weighted by Crippen LogP contribution is -2.48. The first kappa shape index (κ1) is 17.5. The standard InChI is InChI=1S/C19H23N7O/c1-15-13-17(24-9-11-27-12-10-24)23-19(22-15)26-7-5-25(6-8-26)18-16(14-20)3-2-4-21-18/h2-4,13H,5-12H2,1H3. The van der Waals surface area contributed by atoms with Gasteiger partial charge in [0.05, 0.1) is 18.8 Å². The third-order valence-electron chi connectivity index (χ3n) is 4.93. The van der Waals surface area contributed by atoms with Crippen LogP contribution < -0.4 is 14.7 Å². The number of hydrogen-bond donors (Lipinski definition) is 0. The third-order valence-corrected chi connectivity index (χ3v) is 4.93. The van der Waals surface area contributed by atoms with Crippen molar-refractivity contribution in [2.45, 2.75) is 6.92 Å². The molecule has 0 N–H and O–H groups in total. The molecule has 2 aromatic rings. The van der Waals surface area contributed by atoms with E-state index in [0.29, 0.717) is 5.56 Å². The lowest BCUT2D eigenvalue weighted by molar-refractivity contribution is 0.122. The fourth-order valence-corrected chi connectivity index (χ4v) is 3.49. The molecule has 8 heteroatoms. The van der Waals surface area contributed by atoms with E-state index >= 15 is 0 Å². The molecule has 8 nitrogen and oxygen atoms in total. The number of pyridine rings is 1. The van der Waals surface area contributed by atoms with Gasteiger partial charge >= 0.3 is 0 Å². The lowest BCUT2D eigenvalue weighted by atomic mass is 10.2. The van der Waals surface area contributed by atoms with E-state index in [0.717, 1.165) is 75.8 Å². The number of hydrogen-bond acceptors (Lipinski definition) is 8. The normalized spacial score (nSPS) is 17.7. The largest absolute Gasteiger partial charge is 0.378 e. The van der Waals surface area contributed by atoms with E-state index in [1.54, 1.807) is 12.3 Å². The van der Waals surface area contributed by atoms with Crippen molar-refractivity contribution < 1.29 is 4.74 Å². The lowest BCUT2D eigenvalue weighted by Gasteiger charge is -2.36. The summed E-state index contributed by atoms with van der Waals surface area (Å²) in [5, 5.41) is 9.30. The SMILES string of the molecule is Cc1cc(N2CCOCC2)nc(N2CCN(c3ncccc3C#N)CC2)n1. The second-order valence-corrected chi connectivity index (χ2v) is 6.73. The zero-order valence-electron chi connectivity index (χ0n) is 15.5. The predicted octanol–water partition coefficient (Wildman–Crippen LogP) is 1.21. The van der Waals surface area contributed by atoms with Gasteiger partial charge in [0.25, 0.3) is 0 Å². The molecule has 0 aliphatic carbocycles. The summed E-state index contributed by atoms with van der Waals surface area (Å²) in [6, 6.07) is 7.88. The minimum Gasteiger partial charge on any atom is -0.378 e. The fourth-order valence-electron chi connectivity index (χ4n) is 3.49. The van der Waals surface area contributed by atoms with Crippen molar-refractivity contribution in [2.75, 3.05) is 67.2 Å². The van der Waals surface area contributed by atoms with Gasteiger partial charge in [-0.2, -0.15) is 10.2 Å². The average Bonchev–Trinajstić information content (AvgIpc) is 2.74. The summed E-state index contributed by atoms with van der Waals surface area (Å²) in [5.74, 6) is 2.51. The number of piperazine rings is 1. The first-order valence-corrected chi connectivity index (χ1v) is 9.28. The number of anilines is 3. The molecule has 2 aliphatic heterocycles.